The van der Waals surface area contributed by atoms with Gasteiger partial charge in [-0.15, -0.1) is 11.6 Å². The molecule has 42 valence electrons. The smallest absolute Gasteiger partial charge is 0.0593 e. The summed E-state index contributed by atoms with van der Waals surface area (Å²) in [7, 11) is 0. The Morgan fingerprint density at radius 2 is 1.86 bits per heavy atom. The van der Waals surface area contributed by atoms with Crippen molar-refractivity contribution < 1.29 is 0 Å². The maximum Gasteiger partial charge on any atom is 0.0593 e. The Labute approximate surface area is 58.1 Å². The minimum absolute atomic E-state index is 0.302. The lowest BCUT2D eigenvalue weighted by molar-refractivity contribution is 1.54. The summed E-state index contributed by atoms with van der Waals surface area (Å²) in [4.78, 5) is 0. The van der Waals surface area contributed by atoms with Crippen LogP contribution in [-0.4, -0.2) is 5.88 Å². The maximum absolute atomic E-state index is 5.42. The zero-order chi connectivity index (χ0) is 5.86. The second kappa shape index (κ2) is 3.59. The summed E-state index contributed by atoms with van der Waals surface area (Å²) in [5.74, 6) is 0.302. The van der Waals surface area contributed by atoms with E-state index in [1.165, 1.54) is 0 Å². The zero-order valence-corrected chi connectivity index (χ0v) is 6.11. The van der Waals surface area contributed by atoms with E-state index in [9.17, 15) is 0 Å². The predicted octanol–water partition coefficient (Wildman–Crippen LogP) is 2.93. The molecular weight excluding hydrogens is 154 g/mol. The van der Waals surface area contributed by atoms with Crippen molar-refractivity contribution >= 4 is 34.8 Å². The molecule has 0 aromatic rings. The van der Waals surface area contributed by atoms with Gasteiger partial charge in [0.15, 0.2) is 0 Å². The monoisotopic (exact) mass is 158 g/mol. The number of halogens is 3. The van der Waals surface area contributed by atoms with Crippen LogP contribution < -0.4 is 0 Å². The van der Waals surface area contributed by atoms with Crippen molar-refractivity contribution in [3.63, 3.8) is 0 Å². The zero-order valence-electron chi connectivity index (χ0n) is 3.84. The van der Waals surface area contributed by atoms with E-state index < -0.39 is 0 Å². The SMILES string of the molecule is C/C(Cl)=C(/Cl)CCl. The average molecular weight is 159 g/mol. The third-order valence-electron chi connectivity index (χ3n) is 0.491. The highest BCUT2D eigenvalue weighted by atomic mass is 35.5. The highest BCUT2D eigenvalue weighted by molar-refractivity contribution is 6.42. The maximum atomic E-state index is 5.42. The third-order valence-corrected chi connectivity index (χ3v) is 1.64. The number of alkyl halides is 1. The molecule has 0 spiro atoms. The molecule has 0 aliphatic rings. The lowest BCUT2D eigenvalue weighted by Gasteiger charge is -1.87. The van der Waals surface area contributed by atoms with Gasteiger partial charge in [-0.2, -0.15) is 0 Å². The minimum Gasteiger partial charge on any atom is -0.121 e. The summed E-state index contributed by atoms with van der Waals surface area (Å²) >= 11 is 16.1. The molecule has 0 saturated heterocycles. The summed E-state index contributed by atoms with van der Waals surface area (Å²) in [6, 6.07) is 0. The van der Waals surface area contributed by atoms with Crippen LogP contribution in [0.3, 0.4) is 0 Å². The van der Waals surface area contributed by atoms with Crippen LogP contribution in [0.15, 0.2) is 10.1 Å². The number of hydrogen-bond acceptors (Lipinski definition) is 0. The standard InChI is InChI=1S/C4H5Cl3/c1-3(6)4(7)2-5/h2H2,1H3/b4-3-. The van der Waals surface area contributed by atoms with Crippen molar-refractivity contribution in [3.8, 4) is 0 Å². The normalized spacial score (nSPS) is 13.7. The molecular formula is C4H5Cl3. The Kier molecular flexibility index (Phi) is 3.91. The van der Waals surface area contributed by atoms with Crippen LogP contribution in [0.25, 0.3) is 0 Å². The molecule has 0 unspecified atom stereocenters. The highest BCUT2D eigenvalue weighted by Crippen LogP contribution is 2.13. The van der Waals surface area contributed by atoms with Crippen LogP contribution in [-0.2, 0) is 0 Å². The first-order valence-electron chi connectivity index (χ1n) is 1.75. The minimum atomic E-state index is 0.302. The predicted molar refractivity (Wildman–Crippen MR) is 35.1 cm³/mol. The molecule has 0 bridgehead atoms. The van der Waals surface area contributed by atoms with Gasteiger partial charge in [0.1, 0.15) is 0 Å². The van der Waals surface area contributed by atoms with Gasteiger partial charge in [0.25, 0.3) is 0 Å². The molecule has 0 radical (unpaired) electrons. The van der Waals surface area contributed by atoms with E-state index in [-0.39, 0.29) is 0 Å². The summed E-state index contributed by atoms with van der Waals surface area (Å²) in [6.45, 7) is 1.70. The molecule has 0 nitrogen and oxygen atoms in total. The van der Waals surface area contributed by atoms with Gasteiger partial charge in [0.05, 0.1) is 5.88 Å². The molecule has 0 N–H and O–H groups in total. The van der Waals surface area contributed by atoms with E-state index in [0.717, 1.165) is 0 Å². The van der Waals surface area contributed by atoms with Crippen LogP contribution in [0.1, 0.15) is 6.92 Å². The van der Waals surface area contributed by atoms with Crippen molar-refractivity contribution in [1.82, 2.24) is 0 Å². The van der Waals surface area contributed by atoms with Crippen LogP contribution in [0.2, 0.25) is 0 Å². The van der Waals surface area contributed by atoms with Crippen LogP contribution in [0.4, 0.5) is 0 Å². The molecule has 0 rings (SSSR count). The summed E-state index contributed by atoms with van der Waals surface area (Å²) in [5, 5.41) is 1.08. The topological polar surface area (TPSA) is 0 Å². The fraction of sp³-hybridized carbons (Fsp3) is 0.500. The van der Waals surface area contributed by atoms with Crippen molar-refractivity contribution in [2.24, 2.45) is 0 Å². The Balaban J connectivity index is 3.72. The quantitative estimate of drug-likeness (QED) is 0.516. The van der Waals surface area contributed by atoms with Gasteiger partial charge in [-0.05, 0) is 6.92 Å². The molecule has 0 aliphatic heterocycles. The number of allylic oxidation sites excluding steroid dienone is 2. The van der Waals surface area contributed by atoms with Gasteiger partial charge in [-0.1, -0.05) is 23.2 Å². The van der Waals surface area contributed by atoms with Crippen LogP contribution in [0, 0.1) is 0 Å². The van der Waals surface area contributed by atoms with Crippen molar-refractivity contribution in [2.45, 2.75) is 6.92 Å². The van der Waals surface area contributed by atoms with Crippen molar-refractivity contribution in [2.75, 3.05) is 5.88 Å². The molecule has 0 amide bonds. The van der Waals surface area contributed by atoms with E-state index >= 15 is 0 Å². The van der Waals surface area contributed by atoms with E-state index in [2.05, 4.69) is 0 Å². The first-order chi connectivity index (χ1) is 3.18. The Bertz CT molecular complexity index is 80.9. The van der Waals surface area contributed by atoms with Gasteiger partial charge in [0.2, 0.25) is 0 Å². The third kappa shape index (κ3) is 3.22. The first-order valence-corrected chi connectivity index (χ1v) is 3.04. The largest absolute Gasteiger partial charge is 0.121 e. The highest BCUT2D eigenvalue weighted by Gasteiger charge is 1.90. The van der Waals surface area contributed by atoms with Crippen molar-refractivity contribution in [3.05, 3.63) is 10.1 Å². The Morgan fingerprint density at radius 1 is 1.43 bits per heavy atom. The lowest BCUT2D eigenvalue weighted by Crippen LogP contribution is -1.72. The molecule has 3 heteroatoms. The van der Waals surface area contributed by atoms with Gasteiger partial charge in [-0.25, -0.2) is 0 Å². The molecule has 0 saturated carbocycles. The lowest BCUT2D eigenvalue weighted by atomic mass is 10.6. The van der Waals surface area contributed by atoms with Crippen LogP contribution in [0.5, 0.6) is 0 Å². The first kappa shape index (κ1) is 7.61. The van der Waals surface area contributed by atoms with E-state index in [4.69, 9.17) is 34.8 Å². The van der Waals surface area contributed by atoms with E-state index in [0.29, 0.717) is 15.9 Å². The number of rotatable bonds is 1. The second-order valence-corrected chi connectivity index (χ2v) is 2.36. The second-order valence-electron chi connectivity index (χ2n) is 1.07. The molecule has 7 heavy (non-hydrogen) atoms. The van der Waals surface area contributed by atoms with Gasteiger partial charge in [0, 0.05) is 10.1 Å². The fourth-order valence-corrected chi connectivity index (χ4v) is 0.428. The fourth-order valence-electron chi connectivity index (χ4n) is 0.0921. The van der Waals surface area contributed by atoms with Gasteiger partial charge >= 0.3 is 0 Å². The molecule has 0 aliphatic carbocycles. The van der Waals surface area contributed by atoms with Crippen LogP contribution >= 0.6 is 34.8 Å². The van der Waals surface area contributed by atoms with Crippen molar-refractivity contribution in [1.29, 1.82) is 0 Å². The molecule has 0 fully saturated rings. The summed E-state index contributed by atoms with van der Waals surface area (Å²) in [5.41, 5.74) is 0. The molecule has 0 atom stereocenters. The van der Waals surface area contributed by atoms with Gasteiger partial charge < -0.3 is 0 Å². The molecule has 0 aromatic heterocycles. The van der Waals surface area contributed by atoms with E-state index in [1.807, 2.05) is 0 Å². The summed E-state index contributed by atoms with van der Waals surface area (Å²) < 4.78 is 0. The summed E-state index contributed by atoms with van der Waals surface area (Å²) in [6.07, 6.45) is 0. The van der Waals surface area contributed by atoms with E-state index in [1.54, 1.807) is 6.92 Å². The Morgan fingerprint density at radius 3 is 1.86 bits per heavy atom. The molecule has 0 heterocycles. The van der Waals surface area contributed by atoms with Gasteiger partial charge in [-0.3, -0.25) is 0 Å². The number of hydrogen-bond donors (Lipinski definition) is 0. The average Bonchev–Trinajstić information content (AvgIpc) is 1.65. The molecule has 0 aromatic carbocycles. The Hall–Kier alpha value is 0.610.